The fourth-order valence-electron chi connectivity index (χ4n) is 2.03. The van der Waals surface area contributed by atoms with Gasteiger partial charge < -0.3 is 5.32 Å². The lowest BCUT2D eigenvalue weighted by molar-refractivity contribution is 0.817. The highest BCUT2D eigenvalue weighted by atomic mass is 35.5. The minimum absolute atomic E-state index is 0.0144. The third kappa shape index (κ3) is 2.85. The Morgan fingerprint density at radius 1 is 1.24 bits per heavy atom. The second-order valence-corrected chi connectivity index (χ2v) is 4.88. The maximum atomic E-state index is 6.29. The summed E-state index contributed by atoms with van der Waals surface area (Å²) in [6, 6.07) is 5.63. The van der Waals surface area contributed by atoms with E-state index in [2.05, 4.69) is 25.4 Å². The first-order chi connectivity index (χ1) is 10.3. The second kappa shape index (κ2) is 5.88. The molecule has 0 bridgehead atoms. The van der Waals surface area contributed by atoms with Crippen LogP contribution in [0.1, 0.15) is 18.7 Å². The van der Waals surface area contributed by atoms with Crippen molar-refractivity contribution in [1.29, 1.82) is 0 Å². The Morgan fingerprint density at radius 2 is 2.14 bits per heavy atom. The molecule has 6 nitrogen and oxygen atoms in total. The zero-order valence-electron chi connectivity index (χ0n) is 11.3. The van der Waals surface area contributed by atoms with Crippen molar-refractivity contribution in [2.75, 3.05) is 5.32 Å². The first kappa shape index (κ1) is 13.5. The van der Waals surface area contributed by atoms with Crippen molar-refractivity contribution in [2.45, 2.75) is 13.0 Å². The van der Waals surface area contributed by atoms with Crippen molar-refractivity contribution in [1.82, 2.24) is 24.7 Å². The first-order valence-electron chi connectivity index (χ1n) is 6.41. The molecule has 7 heteroatoms. The van der Waals surface area contributed by atoms with Crippen LogP contribution < -0.4 is 5.32 Å². The van der Waals surface area contributed by atoms with Gasteiger partial charge in [-0.25, -0.2) is 9.67 Å². The van der Waals surface area contributed by atoms with Crippen LogP contribution in [0.25, 0.3) is 5.69 Å². The topological polar surface area (TPSA) is 68.5 Å². The Labute approximate surface area is 126 Å². The molecule has 0 aliphatic rings. The monoisotopic (exact) mass is 300 g/mol. The standard InChI is InChI=1S/C14H13ClN6/c1-10(13-7-16-5-6-18-13)20-12-4-2-3-11(15)14(12)21-9-17-8-19-21/h2-10,20H,1H3. The number of nitrogens with one attached hydrogen (secondary N) is 1. The van der Waals surface area contributed by atoms with Crippen molar-refractivity contribution >= 4 is 17.3 Å². The van der Waals surface area contributed by atoms with E-state index in [1.54, 1.807) is 29.6 Å². The molecule has 0 aliphatic heterocycles. The van der Waals surface area contributed by atoms with Gasteiger partial charge in [0.15, 0.2) is 0 Å². The van der Waals surface area contributed by atoms with E-state index in [9.17, 15) is 0 Å². The molecule has 3 aromatic rings. The van der Waals surface area contributed by atoms with Gasteiger partial charge in [-0.1, -0.05) is 17.7 Å². The largest absolute Gasteiger partial charge is 0.375 e. The molecule has 106 valence electrons. The molecule has 0 fully saturated rings. The maximum Gasteiger partial charge on any atom is 0.138 e. The van der Waals surface area contributed by atoms with E-state index in [0.717, 1.165) is 17.1 Å². The van der Waals surface area contributed by atoms with Crippen molar-refractivity contribution < 1.29 is 0 Å². The molecule has 1 aromatic carbocycles. The lowest BCUT2D eigenvalue weighted by atomic mass is 10.2. The predicted molar refractivity (Wildman–Crippen MR) is 80.4 cm³/mol. The predicted octanol–water partition coefficient (Wildman–Crippen LogP) is 2.88. The second-order valence-electron chi connectivity index (χ2n) is 4.47. The van der Waals surface area contributed by atoms with E-state index < -0.39 is 0 Å². The highest BCUT2D eigenvalue weighted by Crippen LogP contribution is 2.30. The molecule has 1 unspecified atom stereocenters. The molecule has 0 radical (unpaired) electrons. The molecule has 0 aliphatic carbocycles. The van der Waals surface area contributed by atoms with Gasteiger partial charge >= 0.3 is 0 Å². The van der Waals surface area contributed by atoms with Gasteiger partial charge in [0, 0.05) is 12.4 Å². The normalized spacial score (nSPS) is 12.1. The van der Waals surface area contributed by atoms with Gasteiger partial charge in [0.1, 0.15) is 18.3 Å². The van der Waals surface area contributed by atoms with Crippen molar-refractivity contribution in [3.8, 4) is 5.69 Å². The molecule has 0 amide bonds. The fraction of sp³-hybridized carbons (Fsp3) is 0.143. The highest BCUT2D eigenvalue weighted by molar-refractivity contribution is 6.33. The van der Waals surface area contributed by atoms with E-state index in [4.69, 9.17) is 11.6 Å². The van der Waals surface area contributed by atoms with Gasteiger partial charge in [-0.05, 0) is 19.1 Å². The summed E-state index contributed by atoms with van der Waals surface area (Å²) < 4.78 is 1.63. The summed E-state index contributed by atoms with van der Waals surface area (Å²) in [6.45, 7) is 2.01. The van der Waals surface area contributed by atoms with Crippen LogP contribution >= 0.6 is 11.6 Å². The van der Waals surface area contributed by atoms with Crippen LogP contribution in [0.5, 0.6) is 0 Å². The number of halogens is 1. The highest BCUT2D eigenvalue weighted by Gasteiger charge is 2.13. The van der Waals surface area contributed by atoms with E-state index in [0.29, 0.717) is 5.02 Å². The average molecular weight is 301 g/mol. The summed E-state index contributed by atoms with van der Waals surface area (Å²) >= 11 is 6.29. The van der Waals surface area contributed by atoms with Gasteiger partial charge in [0.2, 0.25) is 0 Å². The molecule has 21 heavy (non-hydrogen) atoms. The fourth-order valence-corrected chi connectivity index (χ4v) is 2.29. The third-order valence-electron chi connectivity index (χ3n) is 3.03. The zero-order valence-corrected chi connectivity index (χ0v) is 12.1. The molecule has 0 saturated carbocycles. The molecule has 1 atom stereocenters. The zero-order chi connectivity index (χ0) is 14.7. The number of nitrogens with zero attached hydrogens (tertiary/aromatic N) is 5. The van der Waals surface area contributed by atoms with Gasteiger partial charge in [0.05, 0.1) is 28.6 Å². The Bertz CT molecular complexity index is 714. The number of anilines is 1. The molecule has 2 aromatic heterocycles. The summed E-state index contributed by atoms with van der Waals surface area (Å²) in [5.41, 5.74) is 2.46. The Hall–Kier alpha value is -2.47. The maximum absolute atomic E-state index is 6.29. The summed E-state index contributed by atoms with van der Waals surface area (Å²) in [7, 11) is 0. The van der Waals surface area contributed by atoms with Crippen molar-refractivity contribution in [3.63, 3.8) is 0 Å². The smallest absolute Gasteiger partial charge is 0.138 e. The average Bonchev–Trinajstić information content (AvgIpc) is 3.02. The van der Waals surface area contributed by atoms with Crippen LogP contribution in [0.2, 0.25) is 5.02 Å². The quantitative estimate of drug-likeness (QED) is 0.802. The third-order valence-corrected chi connectivity index (χ3v) is 3.34. The van der Waals surface area contributed by atoms with Gasteiger partial charge in [0.25, 0.3) is 0 Å². The Morgan fingerprint density at radius 3 is 2.86 bits per heavy atom. The van der Waals surface area contributed by atoms with Crippen molar-refractivity contribution in [2.24, 2.45) is 0 Å². The van der Waals surface area contributed by atoms with Crippen LogP contribution in [0.15, 0.2) is 49.4 Å². The number of aromatic nitrogens is 5. The van der Waals surface area contributed by atoms with Crippen LogP contribution in [-0.4, -0.2) is 24.7 Å². The summed E-state index contributed by atoms with van der Waals surface area (Å²) in [6.07, 6.45) is 8.14. The molecule has 1 N–H and O–H groups in total. The summed E-state index contributed by atoms with van der Waals surface area (Å²) in [4.78, 5) is 12.3. The molecule has 0 spiro atoms. The van der Waals surface area contributed by atoms with Gasteiger partial charge in [-0.2, -0.15) is 5.10 Å². The minimum atomic E-state index is -0.0144. The van der Waals surface area contributed by atoms with Crippen LogP contribution in [-0.2, 0) is 0 Å². The summed E-state index contributed by atoms with van der Waals surface area (Å²) in [5, 5.41) is 8.12. The summed E-state index contributed by atoms with van der Waals surface area (Å²) in [5.74, 6) is 0. The SMILES string of the molecule is CC(Nc1cccc(Cl)c1-n1cncn1)c1cnccn1. The lowest BCUT2D eigenvalue weighted by Crippen LogP contribution is -2.11. The molecule has 2 heterocycles. The van der Waals surface area contributed by atoms with Crippen LogP contribution in [0, 0.1) is 0 Å². The minimum Gasteiger partial charge on any atom is -0.375 e. The van der Waals surface area contributed by atoms with Crippen LogP contribution in [0.3, 0.4) is 0 Å². The lowest BCUT2D eigenvalue weighted by Gasteiger charge is -2.18. The number of para-hydroxylation sites is 1. The van der Waals surface area contributed by atoms with E-state index in [-0.39, 0.29) is 6.04 Å². The van der Waals surface area contributed by atoms with Crippen molar-refractivity contribution in [3.05, 3.63) is 60.2 Å². The van der Waals surface area contributed by atoms with E-state index in [1.165, 1.54) is 6.33 Å². The number of benzene rings is 1. The Kier molecular flexibility index (Phi) is 3.79. The number of hydrogen-bond donors (Lipinski definition) is 1. The van der Waals surface area contributed by atoms with Gasteiger partial charge in [-0.15, -0.1) is 0 Å². The molecular formula is C14H13ClN6. The van der Waals surface area contributed by atoms with Gasteiger partial charge in [-0.3, -0.25) is 9.97 Å². The van der Waals surface area contributed by atoms with E-state index in [1.807, 2.05) is 25.1 Å². The number of hydrogen-bond acceptors (Lipinski definition) is 5. The molecular weight excluding hydrogens is 288 g/mol. The molecule has 3 rings (SSSR count). The number of rotatable bonds is 4. The first-order valence-corrected chi connectivity index (χ1v) is 6.79. The molecule has 0 saturated heterocycles. The van der Waals surface area contributed by atoms with Crippen LogP contribution in [0.4, 0.5) is 5.69 Å². The Balaban J connectivity index is 1.95. The van der Waals surface area contributed by atoms with E-state index >= 15 is 0 Å².